The van der Waals surface area contributed by atoms with Gasteiger partial charge in [-0.2, -0.15) is 18.2 Å². The van der Waals surface area contributed by atoms with Gasteiger partial charge in [0.15, 0.2) is 0 Å². The van der Waals surface area contributed by atoms with Crippen LogP contribution in [0.25, 0.3) is 11.4 Å². The summed E-state index contributed by atoms with van der Waals surface area (Å²) >= 11 is 0. The third-order valence-electron chi connectivity index (χ3n) is 2.21. The van der Waals surface area contributed by atoms with Gasteiger partial charge in [0.05, 0.1) is 5.69 Å². The lowest BCUT2D eigenvalue weighted by molar-refractivity contribution is -0.159. The average Bonchev–Trinajstić information content (AvgIpc) is 2.80. The zero-order chi connectivity index (χ0) is 14.9. The van der Waals surface area contributed by atoms with Crippen molar-refractivity contribution in [2.24, 2.45) is 0 Å². The summed E-state index contributed by atoms with van der Waals surface area (Å²) in [4.78, 5) is 13.9. The standard InChI is InChI=1S/C11H7F4N3O2/c1-5(19)16-8-3-2-6(4-7(8)12)9-17-10(20-18-9)11(13,14)15/h2-4H,1H3,(H,16,19). The Labute approximate surface area is 109 Å². The van der Waals surface area contributed by atoms with E-state index in [1.165, 1.54) is 19.1 Å². The number of hydrogen-bond acceptors (Lipinski definition) is 4. The molecule has 1 aromatic carbocycles. The number of amides is 1. The van der Waals surface area contributed by atoms with E-state index in [2.05, 4.69) is 20.0 Å². The molecule has 0 bridgehead atoms. The molecule has 0 aliphatic rings. The summed E-state index contributed by atoms with van der Waals surface area (Å²) in [5.74, 6) is -3.21. The molecule has 0 atom stereocenters. The number of halogens is 4. The number of aromatic nitrogens is 2. The van der Waals surface area contributed by atoms with Gasteiger partial charge in [0, 0.05) is 12.5 Å². The molecule has 5 nitrogen and oxygen atoms in total. The van der Waals surface area contributed by atoms with Gasteiger partial charge in [-0.1, -0.05) is 5.16 Å². The second kappa shape index (κ2) is 4.91. The third kappa shape index (κ3) is 2.92. The molecule has 0 radical (unpaired) electrons. The van der Waals surface area contributed by atoms with Crippen LogP contribution in [0, 0.1) is 5.82 Å². The number of nitrogens with one attached hydrogen (secondary N) is 1. The van der Waals surface area contributed by atoms with Crippen LogP contribution in [0.4, 0.5) is 23.2 Å². The Morgan fingerprint density at radius 1 is 1.35 bits per heavy atom. The van der Waals surface area contributed by atoms with Crippen molar-refractivity contribution in [3.63, 3.8) is 0 Å². The van der Waals surface area contributed by atoms with Gasteiger partial charge in [0.25, 0.3) is 0 Å². The van der Waals surface area contributed by atoms with Crippen LogP contribution in [0.2, 0.25) is 0 Å². The first-order valence-electron chi connectivity index (χ1n) is 5.26. The number of benzene rings is 1. The highest BCUT2D eigenvalue weighted by atomic mass is 19.4. The van der Waals surface area contributed by atoms with E-state index in [9.17, 15) is 22.4 Å². The van der Waals surface area contributed by atoms with E-state index in [0.717, 1.165) is 6.07 Å². The Morgan fingerprint density at radius 3 is 2.55 bits per heavy atom. The molecule has 1 amide bonds. The second-order valence-electron chi connectivity index (χ2n) is 3.80. The molecule has 0 saturated carbocycles. The second-order valence-corrected chi connectivity index (χ2v) is 3.80. The average molecular weight is 289 g/mol. The number of anilines is 1. The van der Waals surface area contributed by atoms with Gasteiger partial charge in [-0.3, -0.25) is 4.79 Å². The van der Waals surface area contributed by atoms with Crippen molar-refractivity contribution >= 4 is 11.6 Å². The number of hydrogen-bond donors (Lipinski definition) is 1. The monoisotopic (exact) mass is 289 g/mol. The van der Waals surface area contributed by atoms with Gasteiger partial charge < -0.3 is 9.84 Å². The van der Waals surface area contributed by atoms with Crippen molar-refractivity contribution in [2.75, 3.05) is 5.32 Å². The van der Waals surface area contributed by atoms with Gasteiger partial charge in [-0.05, 0) is 18.2 Å². The molecule has 0 saturated heterocycles. The van der Waals surface area contributed by atoms with E-state index < -0.39 is 29.6 Å². The summed E-state index contributed by atoms with van der Waals surface area (Å²) in [6, 6.07) is 3.35. The first kappa shape index (κ1) is 14.0. The van der Waals surface area contributed by atoms with E-state index in [-0.39, 0.29) is 11.3 Å². The van der Waals surface area contributed by atoms with Crippen LogP contribution in [0.1, 0.15) is 12.8 Å². The number of nitrogens with zero attached hydrogens (tertiary/aromatic N) is 2. The minimum Gasteiger partial charge on any atom is -0.329 e. The maximum atomic E-state index is 13.6. The van der Waals surface area contributed by atoms with Crippen molar-refractivity contribution < 1.29 is 26.9 Å². The van der Waals surface area contributed by atoms with Crippen molar-refractivity contribution in [2.45, 2.75) is 13.1 Å². The molecule has 0 fully saturated rings. The van der Waals surface area contributed by atoms with Crippen LogP contribution >= 0.6 is 0 Å². The smallest absolute Gasteiger partial charge is 0.329 e. The van der Waals surface area contributed by atoms with Crippen molar-refractivity contribution in [3.8, 4) is 11.4 Å². The van der Waals surface area contributed by atoms with E-state index >= 15 is 0 Å². The lowest BCUT2D eigenvalue weighted by Gasteiger charge is -2.04. The van der Waals surface area contributed by atoms with E-state index in [1.807, 2.05) is 0 Å². The fourth-order valence-electron chi connectivity index (χ4n) is 1.40. The van der Waals surface area contributed by atoms with Crippen LogP contribution < -0.4 is 5.32 Å². The van der Waals surface area contributed by atoms with Gasteiger partial charge in [-0.15, -0.1) is 0 Å². The Kier molecular flexibility index (Phi) is 3.43. The van der Waals surface area contributed by atoms with Crippen molar-refractivity contribution in [1.29, 1.82) is 0 Å². The van der Waals surface area contributed by atoms with Crippen molar-refractivity contribution in [1.82, 2.24) is 10.1 Å². The topological polar surface area (TPSA) is 68.0 Å². The van der Waals surface area contributed by atoms with Crippen LogP contribution in [-0.2, 0) is 11.0 Å². The molecule has 9 heteroatoms. The normalized spacial score (nSPS) is 11.4. The third-order valence-corrected chi connectivity index (χ3v) is 2.21. The van der Waals surface area contributed by atoms with Crippen molar-refractivity contribution in [3.05, 3.63) is 29.9 Å². The number of carbonyl (C=O) groups excluding carboxylic acids is 1. The number of carbonyl (C=O) groups is 1. The minimum absolute atomic E-state index is 0.00384. The highest BCUT2D eigenvalue weighted by molar-refractivity contribution is 5.89. The summed E-state index contributed by atoms with van der Waals surface area (Å²) in [5, 5.41) is 5.35. The van der Waals surface area contributed by atoms with Crippen LogP contribution in [0.5, 0.6) is 0 Å². The molecule has 1 N–H and O–H groups in total. The zero-order valence-corrected chi connectivity index (χ0v) is 9.95. The van der Waals surface area contributed by atoms with Gasteiger partial charge >= 0.3 is 12.1 Å². The summed E-state index contributed by atoms with van der Waals surface area (Å²) < 4.78 is 54.5. The lowest BCUT2D eigenvalue weighted by atomic mass is 10.2. The molecular formula is C11H7F4N3O2. The lowest BCUT2D eigenvalue weighted by Crippen LogP contribution is -2.07. The van der Waals surface area contributed by atoms with E-state index in [1.54, 1.807) is 0 Å². The van der Waals surface area contributed by atoms with Gasteiger partial charge in [0.1, 0.15) is 5.82 Å². The molecule has 20 heavy (non-hydrogen) atoms. The Balaban J connectivity index is 2.32. The van der Waals surface area contributed by atoms with Gasteiger partial charge in [-0.25, -0.2) is 4.39 Å². The maximum Gasteiger partial charge on any atom is 0.471 e. The summed E-state index contributed by atoms with van der Waals surface area (Å²) in [6.07, 6.45) is -4.76. The first-order chi connectivity index (χ1) is 9.27. The molecule has 1 aromatic heterocycles. The molecule has 0 spiro atoms. The Morgan fingerprint density at radius 2 is 2.05 bits per heavy atom. The molecule has 2 rings (SSSR count). The molecule has 106 valence electrons. The summed E-state index contributed by atoms with van der Waals surface area (Å²) in [7, 11) is 0. The highest BCUT2D eigenvalue weighted by Crippen LogP contribution is 2.30. The van der Waals surface area contributed by atoms with Gasteiger partial charge in [0.2, 0.25) is 11.7 Å². The van der Waals surface area contributed by atoms with Crippen LogP contribution in [0.3, 0.4) is 0 Å². The summed E-state index contributed by atoms with van der Waals surface area (Å²) in [5.41, 5.74) is -0.100. The SMILES string of the molecule is CC(=O)Nc1ccc(-c2noc(C(F)(F)F)n2)cc1F. The molecule has 0 aliphatic heterocycles. The largest absolute Gasteiger partial charge is 0.471 e. The molecule has 0 unspecified atom stereocenters. The zero-order valence-electron chi connectivity index (χ0n) is 9.95. The maximum absolute atomic E-state index is 13.6. The predicted octanol–water partition coefficient (Wildman–Crippen LogP) is 2.85. The fraction of sp³-hybridized carbons (Fsp3) is 0.182. The Bertz CT molecular complexity index is 651. The fourth-order valence-corrected chi connectivity index (χ4v) is 1.40. The molecular weight excluding hydrogens is 282 g/mol. The molecule has 1 heterocycles. The number of alkyl halides is 3. The quantitative estimate of drug-likeness (QED) is 0.863. The number of rotatable bonds is 2. The molecule has 0 aliphatic carbocycles. The summed E-state index contributed by atoms with van der Waals surface area (Å²) in [6.45, 7) is 1.20. The van der Waals surface area contributed by atoms with Crippen LogP contribution in [-0.4, -0.2) is 16.0 Å². The minimum atomic E-state index is -4.76. The highest BCUT2D eigenvalue weighted by Gasteiger charge is 2.38. The first-order valence-corrected chi connectivity index (χ1v) is 5.26. The van der Waals surface area contributed by atoms with Crippen LogP contribution in [0.15, 0.2) is 22.7 Å². The van der Waals surface area contributed by atoms with E-state index in [4.69, 9.17) is 0 Å². The predicted molar refractivity (Wildman–Crippen MR) is 59.0 cm³/mol. The Hall–Kier alpha value is -2.45. The van der Waals surface area contributed by atoms with E-state index in [0.29, 0.717) is 0 Å². The molecule has 2 aromatic rings.